The van der Waals surface area contributed by atoms with E-state index >= 15 is 0 Å². The Labute approximate surface area is 194 Å². The number of benzene rings is 2. The maximum Gasteiger partial charge on any atom is 0.284 e. The summed E-state index contributed by atoms with van der Waals surface area (Å²) < 4.78 is 5.27. The lowest BCUT2D eigenvalue weighted by atomic mass is 9.98. The third-order valence-corrected chi connectivity index (χ3v) is 6.82. The predicted octanol–water partition coefficient (Wildman–Crippen LogP) is 6.26. The van der Waals surface area contributed by atoms with Gasteiger partial charge in [0.15, 0.2) is 0 Å². The van der Waals surface area contributed by atoms with Crippen LogP contribution in [0, 0.1) is 6.92 Å². The molecule has 0 spiro atoms. The smallest absolute Gasteiger partial charge is 0.284 e. The molecule has 0 saturated carbocycles. The Morgan fingerprint density at radius 1 is 1.16 bits per heavy atom. The second kappa shape index (κ2) is 8.37. The average Bonchev–Trinajstić information content (AvgIpc) is 3.50. The number of hydrogen-bond donors (Lipinski definition) is 0. The number of aromatic nitrogens is 1. The molecule has 2 aromatic heterocycles. The van der Waals surface area contributed by atoms with Crippen LogP contribution in [0.5, 0.6) is 5.75 Å². The minimum absolute atomic E-state index is 0.145. The Morgan fingerprint density at radius 2 is 1.97 bits per heavy atom. The molecule has 1 aliphatic heterocycles. The summed E-state index contributed by atoms with van der Waals surface area (Å²) >= 11 is 8.07. The van der Waals surface area contributed by atoms with Gasteiger partial charge in [0.1, 0.15) is 10.9 Å². The van der Waals surface area contributed by atoms with Crippen molar-refractivity contribution in [3.05, 3.63) is 92.8 Å². The van der Waals surface area contributed by atoms with Crippen molar-refractivity contribution in [2.24, 2.45) is 5.10 Å². The Balaban J connectivity index is 1.59. The van der Waals surface area contributed by atoms with Crippen molar-refractivity contribution in [2.45, 2.75) is 19.4 Å². The normalized spacial score (nSPS) is 15.8. The molecule has 2 aromatic carbocycles. The van der Waals surface area contributed by atoms with Crippen LogP contribution in [0.25, 0.3) is 10.9 Å². The van der Waals surface area contributed by atoms with Crippen LogP contribution in [0.2, 0.25) is 5.15 Å². The lowest BCUT2D eigenvalue weighted by Crippen LogP contribution is -2.26. The summed E-state index contributed by atoms with van der Waals surface area (Å²) in [6.45, 7) is 2.01. The molecule has 0 aliphatic carbocycles. The van der Waals surface area contributed by atoms with Gasteiger partial charge >= 0.3 is 0 Å². The van der Waals surface area contributed by atoms with Crippen molar-refractivity contribution >= 4 is 45.5 Å². The van der Waals surface area contributed by atoms with E-state index < -0.39 is 0 Å². The molecule has 1 amide bonds. The van der Waals surface area contributed by atoms with Crippen LogP contribution in [0.15, 0.2) is 71.1 Å². The number of amides is 1. The molecule has 1 atom stereocenters. The van der Waals surface area contributed by atoms with E-state index in [4.69, 9.17) is 21.4 Å². The van der Waals surface area contributed by atoms with E-state index in [1.807, 2.05) is 73.0 Å². The Kier molecular flexibility index (Phi) is 5.41. The quantitative estimate of drug-likeness (QED) is 0.337. The number of hydrazone groups is 1. The highest BCUT2D eigenvalue weighted by molar-refractivity contribution is 7.12. The zero-order valence-electron chi connectivity index (χ0n) is 17.6. The van der Waals surface area contributed by atoms with Gasteiger partial charge in [-0.3, -0.25) is 4.79 Å². The van der Waals surface area contributed by atoms with Crippen LogP contribution in [0.4, 0.5) is 0 Å². The first-order chi connectivity index (χ1) is 15.5. The van der Waals surface area contributed by atoms with Gasteiger partial charge in [-0.15, -0.1) is 11.3 Å². The van der Waals surface area contributed by atoms with Crippen LogP contribution in [0.3, 0.4) is 0 Å². The Morgan fingerprint density at radius 3 is 2.69 bits per heavy atom. The molecule has 4 aromatic rings. The number of nitrogens with zero attached hydrogens (tertiary/aromatic N) is 3. The van der Waals surface area contributed by atoms with Gasteiger partial charge in [-0.05, 0) is 59.8 Å². The molecule has 5 rings (SSSR count). The minimum Gasteiger partial charge on any atom is -0.497 e. The fraction of sp³-hybridized carbons (Fsp3) is 0.160. The van der Waals surface area contributed by atoms with E-state index in [0.717, 1.165) is 39.1 Å². The van der Waals surface area contributed by atoms with Gasteiger partial charge in [0.05, 0.1) is 29.3 Å². The van der Waals surface area contributed by atoms with E-state index in [1.165, 1.54) is 11.3 Å². The van der Waals surface area contributed by atoms with Crippen LogP contribution < -0.4 is 4.74 Å². The molecule has 32 heavy (non-hydrogen) atoms. The number of carbonyl (C=O) groups excluding carboxylic acids is 1. The summed E-state index contributed by atoms with van der Waals surface area (Å²) in [5.74, 6) is 0.626. The third kappa shape index (κ3) is 3.66. The van der Waals surface area contributed by atoms with E-state index in [9.17, 15) is 4.79 Å². The van der Waals surface area contributed by atoms with Gasteiger partial charge in [-0.2, -0.15) is 5.10 Å². The molecular formula is C25H20ClN3O2S. The Hall–Kier alpha value is -3.22. The fourth-order valence-electron chi connectivity index (χ4n) is 3.99. The monoisotopic (exact) mass is 461 g/mol. The standard InChI is InChI=1S/C25H20ClN3O2S/c1-15-5-3-6-17-13-19(24(26)27-23(15)17)21-14-20(16-8-10-18(31-2)11-9-16)28-29(21)25(30)22-7-4-12-32-22/h3-13,21H,14H2,1-2H3. The molecule has 0 fully saturated rings. The van der Waals surface area contributed by atoms with Crippen molar-refractivity contribution in [1.29, 1.82) is 0 Å². The number of aryl methyl sites for hydroxylation is 1. The maximum atomic E-state index is 13.3. The number of fused-ring (bicyclic) bond motifs is 1. The highest BCUT2D eigenvalue weighted by Gasteiger charge is 2.35. The summed E-state index contributed by atoms with van der Waals surface area (Å²) in [6.07, 6.45) is 0.544. The van der Waals surface area contributed by atoms with Crippen LogP contribution in [-0.4, -0.2) is 28.7 Å². The van der Waals surface area contributed by atoms with Crippen molar-refractivity contribution < 1.29 is 9.53 Å². The summed E-state index contributed by atoms with van der Waals surface area (Å²) in [5.41, 5.74) is 4.48. The molecule has 5 nitrogen and oxygen atoms in total. The molecule has 0 bridgehead atoms. The van der Waals surface area contributed by atoms with Crippen LogP contribution >= 0.6 is 22.9 Å². The number of para-hydroxylation sites is 1. The fourth-order valence-corrected chi connectivity index (χ4v) is 4.91. The molecule has 160 valence electrons. The SMILES string of the molecule is COc1ccc(C2=NN(C(=O)c3cccs3)C(c3cc4cccc(C)c4nc3Cl)C2)cc1. The van der Waals surface area contributed by atoms with Crippen LogP contribution in [-0.2, 0) is 0 Å². The zero-order chi connectivity index (χ0) is 22.2. The van der Waals surface area contributed by atoms with E-state index in [2.05, 4.69) is 4.98 Å². The van der Waals surface area contributed by atoms with Gasteiger partial charge in [0.25, 0.3) is 5.91 Å². The van der Waals surface area contributed by atoms with Crippen molar-refractivity contribution in [2.75, 3.05) is 7.11 Å². The largest absolute Gasteiger partial charge is 0.497 e. The van der Waals surface area contributed by atoms with Crippen molar-refractivity contribution in [1.82, 2.24) is 9.99 Å². The number of halogens is 1. The van der Waals surface area contributed by atoms with Gasteiger partial charge in [0, 0.05) is 17.4 Å². The molecule has 1 unspecified atom stereocenters. The molecule has 0 radical (unpaired) electrons. The van der Waals surface area contributed by atoms with E-state index in [1.54, 1.807) is 12.1 Å². The predicted molar refractivity (Wildman–Crippen MR) is 129 cm³/mol. The third-order valence-electron chi connectivity index (χ3n) is 5.66. The van der Waals surface area contributed by atoms with E-state index in [0.29, 0.717) is 16.5 Å². The van der Waals surface area contributed by atoms with Crippen molar-refractivity contribution in [3.63, 3.8) is 0 Å². The summed E-state index contributed by atoms with van der Waals surface area (Å²) in [4.78, 5) is 18.6. The number of thiophene rings is 1. The topological polar surface area (TPSA) is 54.8 Å². The molecular weight excluding hydrogens is 442 g/mol. The number of carbonyl (C=O) groups is 1. The lowest BCUT2D eigenvalue weighted by molar-refractivity contribution is 0.0716. The van der Waals surface area contributed by atoms with Gasteiger partial charge in [-0.1, -0.05) is 35.9 Å². The molecule has 0 saturated heterocycles. The molecule has 0 N–H and O–H groups in total. The molecule has 3 heterocycles. The number of ether oxygens (including phenoxy) is 1. The van der Waals surface area contributed by atoms with E-state index in [-0.39, 0.29) is 11.9 Å². The number of methoxy groups -OCH3 is 1. The molecule has 1 aliphatic rings. The summed E-state index contributed by atoms with van der Waals surface area (Å²) in [6, 6.07) is 19.1. The first-order valence-electron chi connectivity index (χ1n) is 10.2. The number of pyridine rings is 1. The second-order valence-corrected chi connectivity index (χ2v) is 8.94. The van der Waals surface area contributed by atoms with Gasteiger partial charge in [-0.25, -0.2) is 9.99 Å². The Bertz CT molecular complexity index is 1330. The summed E-state index contributed by atoms with van der Waals surface area (Å²) in [7, 11) is 1.63. The van der Waals surface area contributed by atoms with Crippen molar-refractivity contribution in [3.8, 4) is 5.75 Å². The zero-order valence-corrected chi connectivity index (χ0v) is 19.2. The first kappa shape index (κ1) is 20.7. The number of rotatable bonds is 4. The van der Waals surface area contributed by atoms with Crippen LogP contribution in [0.1, 0.15) is 38.8 Å². The average molecular weight is 462 g/mol. The van der Waals surface area contributed by atoms with Gasteiger partial charge < -0.3 is 4.74 Å². The highest BCUT2D eigenvalue weighted by Crippen LogP contribution is 2.38. The lowest BCUT2D eigenvalue weighted by Gasteiger charge is -2.22. The molecule has 7 heteroatoms. The minimum atomic E-state index is -0.341. The first-order valence-corrected chi connectivity index (χ1v) is 11.5. The van der Waals surface area contributed by atoms with Gasteiger partial charge in [0.2, 0.25) is 0 Å². The highest BCUT2D eigenvalue weighted by atomic mass is 35.5. The summed E-state index contributed by atoms with van der Waals surface area (Å²) in [5, 5.41) is 9.57. The number of hydrogen-bond acceptors (Lipinski definition) is 5. The maximum absolute atomic E-state index is 13.3. The second-order valence-electron chi connectivity index (χ2n) is 7.64.